The van der Waals surface area contributed by atoms with E-state index in [0.29, 0.717) is 25.2 Å². The molecule has 0 saturated carbocycles. The van der Waals surface area contributed by atoms with Crippen LogP contribution < -0.4 is 4.74 Å². The molecule has 6 nitrogen and oxygen atoms in total. The van der Waals surface area contributed by atoms with Crippen LogP contribution in [0.4, 0.5) is 4.79 Å². The molecule has 0 bridgehead atoms. The zero-order valence-corrected chi connectivity index (χ0v) is 25.5. The van der Waals surface area contributed by atoms with Crippen LogP contribution in [-0.4, -0.2) is 65.2 Å². The van der Waals surface area contributed by atoms with Crippen molar-refractivity contribution in [1.82, 2.24) is 14.7 Å². The Balaban J connectivity index is 1.44. The third-order valence-corrected chi connectivity index (χ3v) is 8.34. The standard InChI is InChI=1S/C35H45N3O3/c1-25-22-38(26(2)21-37(25)23-27-11-8-7-9-12-27)33(29-13-10-14-32(20-29)40-6)30-16-15-28-17-18-36(24-31(28)19-30)34(39)41-35(3,4)5/h7-16,19-20,25-26,33H,17-18,21-24H2,1-6H3/t25-,26+,33?/m1/s1. The number of ether oxygens (including phenoxy) is 2. The first-order valence-corrected chi connectivity index (χ1v) is 14.9. The molecule has 3 aromatic rings. The average Bonchev–Trinajstić information content (AvgIpc) is 2.95. The first-order chi connectivity index (χ1) is 19.6. The third kappa shape index (κ3) is 6.94. The molecule has 1 saturated heterocycles. The number of hydrogen-bond acceptors (Lipinski definition) is 5. The molecule has 0 aliphatic carbocycles. The van der Waals surface area contributed by atoms with Gasteiger partial charge < -0.3 is 14.4 Å². The van der Waals surface area contributed by atoms with Crippen LogP contribution in [0.5, 0.6) is 5.75 Å². The van der Waals surface area contributed by atoms with E-state index in [1.165, 1.54) is 27.8 Å². The van der Waals surface area contributed by atoms with Crippen LogP contribution in [0.1, 0.15) is 68.5 Å². The van der Waals surface area contributed by atoms with Crippen LogP contribution in [0, 0.1) is 0 Å². The summed E-state index contributed by atoms with van der Waals surface area (Å²) in [7, 11) is 1.73. The summed E-state index contributed by atoms with van der Waals surface area (Å²) in [5, 5.41) is 0. The number of methoxy groups -OCH3 is 1. The normalized spacial score (nSPS) is 20.8. The number of nitrogens with zero attached hydrogens (tertiary/aromatic N) is 3. The van der Waals surface area contributed by atoms with E-state index in [4.69, 9.17) is 9.47 Å². The summed E-state index contributed by atoms with van der Waals surface area (Å²) in [6, 6.07) is 27.0. The Bertz CT molecular complexity index is 1340. The van der Waals surface area contributed by atoms with Crippen molar-refractivity contribution in [2.45, 2.75) is 77.9 Å². The summed E-state index contributed by atoms with van der Waals surface area (Å²) in [6.45, 7) is 14.6. The summed E-state index contributed by atoms with van der Waals surface area (Å²) < 4.78 is 11.3. The van der Waals surface area contributed by atoms with E-state index in [2.05, 4.69) is 90.4 Å². The van der Waals surface area contributed by atoms with Gasteiger partial charge in [-0.1, -0.05) is 60.7 Å². The highest BCUT2D eigenvalue weighted by molar-refractivity contribution is 5.68. The Hall–Kier alpha value is -3.35. The van der Waals surface area contributed by atoms with E-state index >= 15 is 0 Å². The minimum absolute atomic E-state index is 0.0728. The zero-order valence-electron chi connectivity index (χ0n) is 25.5. The SMILES string of the molecule is COc1cccc(C(c2ccc3c(c2)CN(C(=O)OC(C)(C)C)CC3)N2C[C@@H](C)N(Cc3ccccc3)C[C@@H]2C)c1. The summed E-state index contributed by atoms with van der Waals surface area (Å²) in [5.74, 6) is 0.866. The van der Waals surface area contributed by atoms with Gasteiger partial charge in [-0.25, -0.2) is 4.79 Å². The molecule has 0 spiro atoms. The van der Waals surface area contributed by atoms with Crippen molar-refractivity contribution in [3.8, 4) is 5.75 Å². The molecule has 1 fully saturated rings. The van der Waals surface area contributed by atoms with Crippen molar-refractivity contribution in [2.24, 2.45) is 0 Å². The number of fused-ring (bicyclic) bond motifs is 1. The van der Waals surface area contributed by atoms with E-state index in [9.17, 15) is 4.79 Å². The summed E-state index contributed by atoms with van der Waals surface area (Å²) in [5.41, 5.74) is 5.83. The summed E-state index contributed by atoms with van der Waals surface area (Å²) >= 11 is 0. The van der Waals surface area contributed by atoms with Crippen LogP contribution in [0.15, 0.2) is 72.8 Å². The smallest absolute Gasteiger partial charge is 0.410 e. The molecule has 218 valence electrons. The van der Waals surface area contributed by atoms with Crippen LogP contribution in [0.2, 0.25) is 0 Å². The molecule has 3 atom stereocenters. The number of benzene rings is 3. The van der Waals surface area contributed by atoms with Gasteiger partial charge in [0.05, 0.1) is 13.2 Å². The highest BCUT2D eigenvalue weighted by Crippen LogP contribution is 2.36. The molecule has 3 aromatic carbocycles. The molecule has 0 N–H and O–H groups in total. The molecule has 41 heavy (non-hydrogen) atoms. The van der Waals surface area contributed by atoms with Crippen molar-refractivity contribution in [3.63, 3.8) is 0 Å². The van der Waals surface area contributed by atoms with Crippen molar-refractivity contribution < 1.29 is 14.3 Å². The van der Waals surface area contributed by atoms with Crippen LogP contribution >= 0.6 is 0 Å². The van der Waals surface area contributed by atoms with Crippen molar-refractivity contribution in [2.75, 3.05) is 26.7 Å². The van der Waals surface area contributed by atoms with E-state index in [1.54, 1.807) is 7.11 Å². The molecule has 5 rings (SSSR count). The van der Waals surface area contributed by atoms with Gasteiger partial charge in [0.1, 0.15) is 11.4 Å². The van der Waals surface area contributed by atoms with E-state index in [0.717, 1.165) is 31.8 Å². The van der Waals surface area contributed by atoms with Gasteiger partial charge in [-0.2, -0.15) is 0 Å². The molecule has 0 aromatic heterocycles. The minimum atomic E-state index is -0.508. The first kappa shape index (κ1) is 29.2. The Kier molecular flexibility index (Phi) is 8.71. The lowest BCUT2D eigenvalue weighted by molar-refractivity contribution is 0.0192. The second-order valence-electron chi connectivity index (χ2n) is 12.7. The van der Waals surface area contributed by atoms with E-state index in [1.807, 2.05) is 31.7 Å². The minimum Gasteiger partial charge on any atom is -0.497 e. The monoisotopic (exact) mass is 555 g/mol. The van der Waals surface area contributed by atoms with Crippen molar-refractivity contribution in [3.05, 3.63) is 101 Å². The van der Waals surface area contributed by atoms with Gasteiger partial charge in [0, 0.05) is 44.8 Å². The second-order valence-corrected chi connectivity index (χ2v) is 12.7. The van der Waals surface area contributed by atoms with Gasteiger partial charge in [-0.05, 0) is 81.0 Å². The number of amides is 1. The predicted octanol–water partition coefficient (Wildman–Crippen LogP) is 6.67. The van der Waals surface area contributed by atoms with Gasteiger partial charge in [-0.15, -0.1) is 0 Å². The number of carbonyl (C=O) groups excluding carboxylic acids is 1. The quantitative estimate of drug-likeness (QED) is 0.340. The number of piperazine rings is 1. The fourth-order valence-corrected chi connectivity index (χ4v) is 6.24. The molecule has 6 heteroatoms. The molecule has 0 radical (unpaired) electrons. The van der Waals surface area contributed by atoms with Gasteiger partial charge in [0.25, 0.3) is 0 Å². The maximum Gasteiger partial charge on any atom is 0.410 e. The lowest BCUT2D eigenvalue weighted by Gasteiger charge is -2.48. The Morgan fingerprint density at radius 1 is 0.902 bits per heavy atom. The molecule has 2 aliphatic rings. The van der Waals surface area contributed by atoms with Crippen molar-refractivity contribution >= 4 is 6.09 Å². The van der Waals surface area contributed by atoms with Gasteiger partial charge in [-0.3, -0.25) is 9.80 Å². The fraction of sp³-hybridized carbons (Fsp3) is 0.457. The highest BCUT2D eigenvalue weighted by atomic mass is 16.6. The number of rotatable bonds is 6. The van der Waals surface area contributed by atoms with E-state index < -0.39 is 5.60 Å². The van der Waals surface area contributed by atoms with Gasteiger partial charge in [0.15, 0.2) is 0 Å². The van der Waals surface area contributed by atoms with Gasteiger partial charge in [0.2, 0.25) is 0 Å². The molecule has 2 heterocycles. The molecule has 1 unspecified atom stereocenters. The maximum atomic E-state index is 12.9. The molecular weight excluding hydrogens is 510 g/mol. The van der Waals surface area contributed by atoms with Gasteiger partial charge >= 0.3 is 6.09 Å². The van der Waals surface area contributed by atoms with Crippen LogP contribution in [-0.2, 0) is 24.2 Å². The molecule has 2 aliphatic heterocycles. The van der Waals surface area contributed by atoms with Crippen LogP contribution in [0.3, 0.4) is 0 Å². The van der Waals surface area contributed by atoms with E-state index in [-0.39, 0.29) is 12.1 Å². The first-order valence-electron chi connectivity index (χ1n) is 14.9. The summed E-state index contributed by atoms with van der Waals surface area (Å²) in [4.78, 5) is 20.0. The zero-order chi connectivity index (χ0) is 29.1. The number of hydrogen-bond donors (Lipinski definition) is 0. The average molecular weight is 556 g/mol. The number of carbonyl (C=O) groups is 1. The Morgan fingerprint density at radius 2 is 1.66 bits per heavy atom. The molecular formula is C35H45N3O3. The largest absolute Gasteiger partial charge is 0.497 e. The molecule has 1 amide bonds. The summed E-state index contributed by atoms with van der Waals surface area (Å²) in [6.07, 6.45) is 0.597. The Labute approximate surface area is 245 Å². The lowest BCUT2D eigenvalue weighted by Crippen LogP contribution is -2.56. The van der Waals surface area contributed by atoms with Crippen LogP contribution in [0.25, 0.3) is 0 Å². The Morgan fingerprint density at radius 3 is 2.39 bits per heavy atom. The maximum absolute atomic E-state index is 12.9. The topological polar surface area (TPSA) is 45.2 Å². The van der Waals surface area contributed by atoms with Crippen molar-refractivity contribution in [1.29, 1.82) is 0 Å². The predicted molar refractivity (Wildman–Crippen MR) is 164 cm³/mol. The fourth-order valence-electron chi connectivity index (χ4n) is 6.24. The highest BCUT2D eigenvalue weighted by Gasteiger charge is 2.35. The third-order valence-electron chi connectivity index (χ3n) is 8.34. The second kappa shape index (κ2) is 12.3. The lowest BCUT2D eigenvalue weighted by atomic mass is 9.89.